The van der Waals surface area contributed by atoms with Crippen LogP contribution in [-0.2, 0) is 0 Å². The van der Waals surface area contributed by atoms with Gasteiger partial charge in [-0.3, -0.25) is 15.0 Å². The average Bonchev–Trinajstić information content (AvgIpc) is 2.58. The third-order valence-corrected chi connectivity index (χ3v) is 3.65. The molecule has 128 valence electrons. The highest BCUT2D eigenvalue weighted by Crippen LogP contribution is 2.20. The number of carbonyl (C=O) groups is 1. The van der Waals surface area contributed by atoms with Crippen LogP contribution in [-0.4, -0.2) is 22.2 Å². The van der Waals surface area contributed by atoms with E-state index in [1.165, 1.54) is 24.3 Å². The van der Waals surface area contributed by atoms with Crippen LogP contribution in [0.1, 0.15) is 10.4 Å². The maximum absolute atomic E-state index is 12.5. The Bertz CT molecular complexity index is 1060. The quantitative estimate of drug-likeness (QED) is 0.699. The van der Waals surface area contributed by atoms with Crippen LogP contribution in [0.4, 0.5) is 8.78 Å². The monoisotopic (exact) mass is 363 g/mol. The molecule has 1 amide bonds. The highest BCUT2D eigenvalue weighted by molar-refractivity contribution is 7.71. The number of fused-ring (bicyclic) bond motifs is 1. The number of alkyl halides is 2. The topological polar surface area (TPSA) is 76.1 Å². The van der Waals surface area contributed by atoms with Gasteiger partial charge in [0.2, 0.25) is 0 Å². The Balaban J connectivity index is 2.01. The zero-order valence-electron chi connectivity index (χ0n) is 12.5. The van der Waals surface area contributed by atoms with Crippen LogP contribution >= 0.6 is 12.2 Å². The standard InChI is InChI=1S/C16H11F2N3O3S/c17-15(18)24-12-8-4-2-6-10(12)13(22)20-21-14(23)9-5-1-3-7-11(9)19-16(21)25/h1-8,15H,(H,19,25)(H,20,22). The summed E-state index contributed by atoms with van der Waals surface area (Å²) in [6.45, 7) is -3.08. The smallest absolute Gasteiger partial charge is 0.387 e. The number of aromatic nitrogens is 2. The van der Waals surface area contributed by atoms with E-state index in [-0.39, 0.29) is 16.1 Å². The Morgan fingerprint density at radius 3 is 2.60 bits per heavy atom. The number of amides is 1. The zero-order valence-corrected chi connectivity index (χ0v) is 13.3. The van der Waals surface area contributed by atoms with Crippen molar-refractivity contribution in [2.75, 3.05) is 5.43 Å². The van der Waals surface area contributed by atoms with Crippen LogP contribution in [0.15, 0.2) is 53.3 Å². The van der Waals surface area contributed by atoms with Gasteiger partial charge in [-0.25, -0.2) is 0 Å². The van der Waals surface area contributed by atoms with Crippen molar-refractivity contribution >= 4 is 29.0 Å². The number of para-hydroxylation sites is 2. The molecule has 25 heavy (non-hydrogen) atoms. The van der Waals surface area contributed by atoms with E-state index in [9.17, 15) is 18.4 Å². The summed E-state index contributed by atoms with van der Waals surface area (Å²) in [6.07, 6.45) is 0. The average molecular weight is 363 g/mol. The van der Waals surface area contributed by atoms with Crippen LogP contribution in [0.5, 0.6) is 5.75 Å². The molecule has 9 heteroatoms. The van der Waals surface area contributed by atoms with Crippen molar-refractivity contribution in [3.05, 3.63) is 69.2 Å². The summed E-state index contributed by atoms with van der Waals surface area (Å²) in [4.78, 5) is 27.7. The van der Waals surface area contributed by atoms with Crippen molar-refractivity contribution < 1.29 is 18.3 Å². The van der Waals surface area contributed by atoms with Crippen molar-refractivity contribution in [2.24, 2.45) is 0 Å². The van der Waals surface area contributed by atoms with Gasteiger partial charge in [-0.05, 0) is 36.5 Å². The number of hydrogen-bond donors (Lipinski definition) is 2. The maximum Gasteiger partial charge on any atom is 0.387 e. The van der Waals surface area contributed by atoms with Crippen molar-refractivity contribution in [1.29, 1.82) is 0 Å². The Hall–Kier alpha value is -3.07. The van der Waals surface area contributed by atoms with E-state index >= 15 is 0 Å². The molecule has 0 fully saturated rings. The van der Waals surface area contributed by atoms with Crippen molar-refractivity contribution in [3.8, 4) is 5.75 Å². The molecule has 0 saturated carbocycles. The lowest BCUT2D eigenvalue weighted by atomic mass is 10.2. The summed E-state index contributed by atoms with van der Waals surface area (Å²) in [6, 6.07) is 12.1. The van der Waals surface area contributed by atoms with E-state index in [4.69, 9.17) is 12.2 Å². The minimum atomic E-state index is -3.08. The molecule has 0 bridgehead atoms. The summed E-state index contributed by atoms with van der Waals surface area (Å²) in [5, 5.41) is 0.313. The van der Waals surface area contributed by atoms with Gasteiger partial charge in [-0.15, -0.1) is 0 Å². The normalized spacial score (nSPS) is 10.8. The van der Waals surface area contributed by atoms with Gasteiger partial charge >= 0.3 is 6.61 Å². The Morgan fingerprint density at radius 2 is 1.84 bits per heavy atom. The molecule has 0 atom stereocenters. The van der Waals surface area contributed by atoms with Gasteiger partial charge in [-0.2, -0.15) is 13.5 Å². The van der Waals surface area contributed by atoms with Gasteiger partial charge < -0.3 is 9.72 Å². The Kier molecular flexibility index (Phi) is 4.57. The highest BCUT2D eigenvalue weighted by Gasteiger charge is 2.17. The first-order chi connectivity index (χ1) is 12.0. The fourth-order valence-corrected chi connectivity index (χ4v) is 2.52. The lowest BCUT2D eigenvalue weighted by Crippen LogP contribution is -2.34. The van der Waals surface area contributed by atoms with Crippen LogP contribution in [0.25, 0.3) is 10.9 Å². The molecule has 0 radical (unpaired) electrons. The number of nitrogens with zero attached hydrogens (tertiary/aromatic N) is 1. The number of hydrogen-bond acceptors (Lipinski definition) is 4. The molecule has 3 aromatic rings. The van der Waals surface area contributed by atoms with Gasteiger partial charge in [-0.1, -0.05) is 24.3 Å². The summed E-state index contributed by atoms with van der Waals surface area (Å²) in [7, 11) is 0. The van der Waals surface area contributed by atoms with Crippen molar-refractivity contribution in [2.45, 2.75) is 6.61 Å². The predicted molar refractivity (Wildman–Crippen MR) is 90.2 cm³/mol. The molecule has 0 aliphatic heterocycles. The third kappa shape index (κ3) is 3.41. The number of rotatable bonds is 4. The molecule has 0 unspecified atom stereocenters. The largest absolute Gasteiger partial charge is 0.434 e. The first-order valence-corrected chi connectivity index (χ1v) is 7.47. The van der Waals surface area contributed by atoms with Crippen molar-refractivity contribution in [1.82, 2.24) is 9.66 Å². The second-order valence-electron chi connectivity index (χ2n) is 4.93. The number of halogens is 2. The lowest BCUT2D eigenvalue weighted by Gasteiger charge is -2.12. The van der Waals surface area contributed by atoms with Gasteiger partial charge in [0, 0.05) is 0 Å². The molecule has 6 nitrogen and oxygen atoms in total. The first kappa shape index (κ1) is 16.8. The van der Waals surface area contributed by atoms with E-state index in [0.29, 0.717) is 10.9 Å². The summed E-state index contributed by atoms with van der Waals surface area (Å²) < 4.78 is 30.1. The molecule has 1 heterocycles. The second kappa shape index (κ2) is 6.81. The zero-order chi connectivity index (χ0) is 18.0. The molecular formula is C16H11F2N3O3S. The molecule has 0 saturated heterocycles. The molecule has 0 aliphatic rings. The number of benzene rings is 2. The van der Waals surface area contributed by atoms with Crippen LogP contribution in [0.3, 0.4) is 0 Å². The van der Waals surface area contributed by atoms with Crippen LogP contribution < -0.4 is 15.7 Å². The van der Waals surface area contributed by atoms with Gasteiger partial charge in [0.05, 0.1) is 16.5 Å². The van der Waals surface area contributed by atoms with E-state index in [1.54, 1.807) is 24.3 Å². The van der Waals surface area contributed by atoms with Gasteiger partial charge in [0.1, 0.15) is 5.75 Å². The van der Waals surface area contributed by atoms with E-state index in [1.807, 2.05) is 0 Å². The molecule has 1 aromatic heterocycles. The first-order valence-electron chi connectivity index (χ1n) is 7.06. The number of ether oxygens (including phenoxy) is 1. The SMILES string of the molecule is O=C(Nn1c(=S)[nH]c2ccccc2c1=O)c1ccccc1OC(F)F. The van der Waals surface area contributed by atoms with E-state index in [0.717, 1.165) is 4.68 Å². The fraction of sp³-hybridized carbons (Fsp3) is 0.0625. The summed E-state index contributed by atoms with van der Waals surface area (Å²) >= 11 is 5.08. The maximum atomic E-state index is 12.5. The Labute approximate surface area is 144 Å². The second-order valence-corrected chi connectivity index (χ2v) is 5.32. The molecule has 3 rings (SSSR count). The highest BCUT2D eigenvalue weighted by atomic mass is 32.1. The molecule has 2 aromatic carbocycles. The Morgan fingerprint density at radius 1 is 1.16 bits per heavy atom. The number of H-pyrrole nitrogens is 1. The van der Waals surface area contributed by atoms with Crippen LogP contribution in [0.2, 0.25) is 0 Å². The predicted octanol–water partition coefficient (Wildman–Crippen LogP) is 3.04. The fourth-order valence-electron chi connectivity index (χ4n) is 2.28. The van der Waals surface area contributed by atoms with E-state index < -0.39 is 18.1 Å². The van der Waals surface area contributed by atoms with E-state index in [2.05, 4.69) is 15.1 Å². The molecular weight excluding hydrogens is 352 g/mol. The van der Waals surface area contributed by atoms with Crippen LogP contribution in [0, 0.1) is 4.77 Å². The number of carbonyl (C=O) groups excluding carboxylic acids is 1. The molecule has 2 N–H and O–H groups in total. The summed E-state index contributed by atoms with van der Waals surface area (Å²) in [5.41, 5.74) is 2.13. The molecule has 0 spiro atoms. The lowest BCUT2D eigenvalue weighted by molar-refractivity contribution is -0.0501. The minimum Gasteiger partial charge on any atom is -0.434 e. The molecule has 0 aliphatic carbocycles. The van der Waals surface area contributed by atoms with Gasteiger partial charge in [0.15, 0.2) is 4.77 Å². The third-order valence-electron chi connectivity index (χ3n) is 3.37. The summed E-state index contributed by atoms with van der Waals surface area (Å²) in [5.74, 6) is -1.12. The van der Waals surface area contributed by atoms with Crippen molar-refractivity contribution in [3.63, 3.8) is 0 Å². The van der Waals surface area contributed by atoms with Gasteiger partial charge in [0.25, 0.3) is 11.5 Å². The minimum absolute atomic E-state index is 0.0377. The number of nitrogens with one attached hydrogen (secondary N) is 2. The number of aromatic amines is 1.